The molecule has 102 valence electrons. The predicted molar refractivity (Wildman–Crippen MR) is 74.7 cm³/mol. The van der Waals surface area contributed by atoms with Crippen LogP contribution in [-0.2, 0) is 4.74 Å². The number of halogens is 1. The van der Waals surface area contributed by atoms with Crippen LogP contribution in [0, 0.1) is 0 Å². The molecular weight excluding hydrogens is 264 g/mol. The summed E-state index contributed by atoms with van der Waals surface area (Å²) in [7, 11) is 0. The van der Waals surface area contributed by atoms with Crippen LogP contribution in [0.2, 0.25) is 5.02 Å². The average Bonchev–Trinajstić information content (AvgIpc) is 3.02. The molecule has 0 spiro atoms. The van der Waals surface area contributed by atoms with E-state index in [1.807, 2.05) is 18.2 Å². The molecule has 0 aliphatic carbocycles. The van der Waals surface area contributed by atoms with Crippen molar-refractivity contribution in [3.63, 3.8) is 0 Å². The number of aromatic nitrogens is 1. The number of nitrogens with zero attached hydrogens (tertiary/aromatic N) is 1. The summed E-state index contributed by atoms with van der Waals surface area (Å²) in [5.41, 5.74) is 1.48. The van der Waals surface area contributed by atoms with E-state index < -0.39 is 0 Å². The lowest BCUT2D eigenvalue weighted by Crippen LogP contribution is -2.34. The molecule has 1 aromatic carbocycles. The summed E-state index contributed by atoms with van der Waals surface area (Å²) in [6.45, 7) is 4.48. The first-order chi connectivity index (χ1) is 9.29. The van der Waals surface area contributed by atoms with E-state index >= 15 is 0 Å². The van der Waals surface area contributed by atoms with Gasteiger partial charge in [0.15, 0.2) is 5.58 Å². The summed E-state index contributed by atoms with van der Waals surface area (Å²) in [6, 6.07) is 5.89. The van der Waals surface area contributed by atoms with Gasteiger partial charge in [-0.05, 0) is 25.1 Å². The zero-order valence-electron chi connectivity index (χ0n) is 10.9. The number of hydrogen-bond donors (Lipinski definition) is 1. The van der Waals surface area contributed by atoms with Gasteiger partial charge in [-0.3, -0.25) is 0 Å². The molecule has 1 fully saturated rings. The Balaban J connectivity index is 1.88. The van der Waals surface area contributed by atoms with Gasteiger partial charge in [0.05, 0.1) is 24.2 Å². The molecule has 1 saturated heterocycles. The van der Waals surface area contributed by atoms with Crippen molar-refractivity contribution in [2.45, 2.75) is 25.3 Å². The first-order valence-corrected chi connectivity index (χ1v) is 7.03. The summed E-state index contributed by atoms with van der Waals surface area (Å²) < 4.78 is 11.4. The standard InChI is InChI=1S/C14H17ClN2O2/c1-2-6-16-12-8-18-7-9(12)14-17-11-5-3-4-10(15)13(11)19-14/h3-5,9,12,16H,2,6-8H2,1H3. The lowest BCUT2D eigenvalue weighted by Gasteiger charge is -2.15. The van der Waals surface area contributed by atoms with Crippen LogP contribution in [0.25, 0.3) is 11.1 Å². The molecule has 2 unspecified atom stereocenters. The maximum atomic E-state index is 6.12. The Morgan fingerprint density at radius 2 is 2.32 bits per heavy atom. The fraction of sp³-hybridized carbons (Fsp3) is 0.500. The van der Waals surface area contributed by atoms with Crippen molar-refractivity contribution >= 4 is 22.7 Å². The second-order valence-electron chi connectivity index (χ2n) is 4.84. The van der Waals surface area contributed by atoms with Crippen molar-refractivity contribution < 1.29 is 9.15 Å². The number of benzene rings is 1. The second kappa shape index (κ2) is 5.49. The molecule has 2 aromatic rings. The lowest BCUT2D eigenvalue weighted by atomic mass is 10.0. The van der Waals surface area contributed by atoms with Crippen molar-refractivity contribution in [1.29, 1.82) is 0 Å². The van der Waals surface area contributed by atoms with Crippen LogP contribution in [0.5, 0.6) is 0 Å². The Kier molecular flexibility index (Phi) is 3.73. The molecule has 0 amide bonds. The summed E-state index contributed by atoms with van der Waals surface area (Å²) >= 11 is 6.12. The highest BCUT2D eigenvalue weighted by atomic mass is 35.5. The molecule has 2 heterocycles. The van der Waals surface area contributed by atoms with Crippen LogP contribution in [0.1, 0.15) is 25.2 Å². The van der Waals surface area contributed by atoms with Crippen molar-refractivity contribution in [2.24, 2.45) is 0 Å². The number of oxazole rings is 1. The number of ether oxygens (including phenoxy) is 1. The Morgan fingerprint density at radius 1 is 1.42 bits per heavy atom. The maximum absolute atomic E-state index is 6.12. The highest BCUT2D eigenvalue weighted by molar-refractivity contribution is 6.34. The number of para-hydroxylation sites is 1. The third-order valence-electron chi connectivity index (χ3n) is 3.44. The van der Waals surface area contributed by atoms with Gasteiger partial charge in [0.25, 0.3) is 0 Å². The van der Waals surface area contributed by atoms with Gasteiger partial charge in [-0.2, -0.15) is 0 Å². The molecule has 4 nitrogen and oxygen atoms in total. The number of rotatable bonds is 4. The lowest BCUT2D eigenvalue weighted by molar-refractivity contribution is 0.186. The van der Waals surface area contributed by atoms with E-state index in [4.69, 9.17) is 20.8 Å². The quantitative estimate of drug-likeness (QED) is 0.935. The summed E-state index contributed by atoms with van der Waals surface area (Å²) in [6.07, 6.45) is 1.10. The Bertz CT molecular complexity index is 570. The molecule has 1 aliphatic heterocycles. The maximum Gasteiger partial charge on any atom is 0.202 e. The minimum absolute atomic E-state index is 0.162. The minimum Gasteiger partial charge on any atom is -0.439 e. The molecule has 0 radical (unpaired) electrons. The molecular formula is C14H17ClN2O2. The molecule has 3 rings (SSSR count). The SMILES string of the molecule is CCCNC1COCC1c1nc2cccc(Cl)c2o1. The molecule has 1 aromatic heterocycles. The van der Waals surface area contributed by atoms with E-state index in [1.165, 1.54) is 0 Å². The molecule has 0 bridgehead atoms. The fourth-order valence-corrected chi connectivity index (χ4v) is 2.63. The van der Waals surface area contributed by atoms with Crippen LogP contribution < -0.4 is 5.32 Å². The highest BCUT2D eigenvalue weighted by Crippen LogP contribution is 2.31. The summed E-state index contributed by atoms with van der Waals surface area (Å²) in [4.78, 5) is 4.54. The summed E-state index contributed by atoms with van der Waals surface area (Å²) in [5, 5.41) is 4.09. The van der Waals surface area contributed by atoms with Crippen molar-refractivity contribution in [3.05, 3.63) is 29.1 Å². The van der Waals surface area contributed by atoms with Crippen molar-refractivity contribution in [3.8, 4) is 0 Å². The molecule has 1 aliphatic rings. The van der Waals surface area contributed by atoms with Gasteiger partial charge >= 0.3 is 0 Å². The van der Waals surface area contributed by atoms with Gasteiger partial charge in [0.2, 0.25) is 5.89 Å². The third kappa shape index (κ3) is 2.48. The van der Waals surface area contributed by atoms with Gasteiger partial charge in [0.1, 0.15) is 5.52 Å². The van der Waals surface area contributed by atoms with Crippen molar-refractivity contribution in [2.75, 3.05) is 19.8 Å². The molecule has 2 atom stereocenters. The normalized spacial score (nSPS) is 23.3. The van der Waals surface area contributed by atoms with Crippen LogP contribution in [0.4, 0.5) is 0 Å². The van der Waals surface area contributed by atoms with E-state index in [2.05, 4.69) is 17.2 Å². The highest BCUT2D eigenvalue weighted by Gasteiger charge is 2.33. The Hall–Kier alpha value is -1.10. The van der Waals surface area contributed by atoms with Gasteiger partial charge in [-0.1, -0.05) is 24.6 Å². The predicted octanol–water partition coefficient (Wildman–Crippen LogP) is 2.96. The molecule has 5 heteroatoms. The first-order valence-electron chi connectivity index (χ1n) is 6.65. The Morgan fingerprint density at radius 3 is 3.11 bits per heavy atom. The van der Waals surface area contributed by atoms with Crippen LogP contribution in [-0.4, -0.2) is 30.8 Å². The minimum atomic E-state index is 0.162. The van der Waals surface area contributed by atoms with Crippen molar-refractivity contribution in [1.82, 2.24) is 10.3 Å². The largest absolute Gasteiger partial charge is 0.439 e. The molecule has 0 saturated carbocycles. The van der Waals surface area contributed by atoms with Gasteiger partial charge in [-0.15, -0.1) is 0 Å². The fourth-order valence-electron chi connectivity index (χ4n) is 2.42. The Labute approximate surface area is 117 Å². The number of nitrogens with one attached hydrogen (secondary N) is 1. The number of fused-ring (bicyclic) bond motifs is 1. The van der Waals surface area contributed by atoms with Gasteiger partial charge in [-0.25, -0.2) is 4.98 Å². The van der Waals surface area contributed by atoms with E-state index in [-0.39, 0.29) is 12.0 Å². The van der Waals surface area contributed by atoms with Gasteiger partial charge < -0.3 is 14.5 Å². The zero-order chi connectivity index (χ0) is 13.2. The third-order valence-corrected chi connectivity index (χ3v) is 3.74. The second-order valence-corrected chi connectivity index (χ2v) is 5.25. The van der Waals surface area contributed by atoms with E-state index in [0.717, 1.165) is 18.5 Å². The molecule has 1 N–H and O–H groups in total. The number of hydrogen-bond acceptors (Lipinski definition) is 4. The monoisotopic (exact) mass is 280 g/mol. The van der Waals surface area contributed by atoms with E-state index in [9.17, 15) is 0 Å². The smallest absolute Gasteiger partial charge is 0.202 e. The van der Waals surface area contributed by atoms with Gasteiger partial charge in [0, 0.05) is 6.04 Å². The zero-order valence-corrected chi connectivity index (χ0v) is 11.6. The topological polar surface area (TPSA) is 47.3 Å². The van der Waals surface area contributed by atoms with Crippen LogP contribution >= 0.6 is 11.6 Å². The van der Waals surface area contributed by atoms with E-state index in [0.29, 0.717) is 29.7 Å². The average molecular weight is 281 g/mol. The molecule has 19 heavy (non-hydrogen) atoms. The first kappa shape index (κ1) is 12.9. The van der Waals surface area contributed by atoms with E-state index in [1.54, 1.807) is 0 Å². The van der Waals surface area contributed by atoms with Crippen LogP contribution in [0.15, 0.2) is 22.6 Å². The van der Waals surface area contributed by atoms with Crippen LogP contribution in [0.3, 0.4) is 0 Å². The summed E-state index contributed by atoms with van der Waals surface area (Å²) in [5.74, 6) is 0.879.